The van der Waals surface area contributed by atoms with Gasteiger partial charge in [0.15, 0.2) is 0 Å². The van der Waals surface area contributed by atoms with Crippen LogP contribution in [0, 0.1) is 5.92 Å². The van der Waals surface area contributed by atoms with Gasteiger partial charge in [-0.2, -0.15) is 0 Å². The molecule has 0 amide bonds. The van der Waals surface area contributed by atoms with E-state index < -0.39 is 0 Å². The molecule has 2 aromatic carbocycles. The summed E-state index contributed by atoms with van der Waals surface area (Å²) >= 11 is 9.71. The number of rotatable bonds is 5. The first kappa shape index (κ1) is 14.4. The number of hydrogen-bond acceptors (Lipinski definition) is 1. The van der Waals surface area contributed by atoms with Gasteiger partial charge in [-0.25, -0.2) is 0 Å². The number of alkyl halides is 1. The lowest BCUT2D eigenvalue weighted by Crippen LogP contribution is -2.09. The smallest absolute Gasteiger partial charge is 0.137 e. The van der Waals surface area contributed by atoms with Crippen LogP contribution in [0.1, 0.15) is 6.92 Å². The summed E-state index contributed by atoms with van der Waals surface area (Å²) in [5, 5.41) is 1.58. The van der Waals surface area contributed by atoms with E-state index in [1.54, 1.807) is 0 Å². The highest BCUT2D eigenvalue weighted by Gasteiger charge is 2.06. The maximum Gasteiger partial charge on any atom is 0.137 e. The molecule has 0 aliphatic heterocycles. The Balaban J connectivity index is 2.13. The van der Waals surface area contributed by atoms with Gasteiger partial charge in [0.2, 0.25) is 0 Å². The lowest BCUT2D eigenvalue weighted by atomic mass is 10.1. The monoisotopic (exact) mass is 338 g/mol. The molecular formula is C16H16BrClO. The highest BCUT2D eigenvalue weighted by atomic mass is 79.9. The minimum Gasteiger partial charge on any atom is -0.492 e. The lowest BCUT2D eigenvalue weighted by molar-refractivity contribution is 0.274. The highest BCUT2D eigenvalue weighted by Crippen LogP contribution is 2.30. The van der Waals surface area contributed by atoms with Crippen molar-refractivity contribution in [3.63, 3.8) is 0 Å². The van der Waals surface area contributed by atoms with E-state index in [-0.39, 0.29) is 0 Å². The van der Waals surface area contributed by atoms with Gasteiger partial charge in [-0.3, -0.25) is 0 Å². The van der Waals surface area contributed by atoms with E-state index in [1.165, 1.54) is 0 Å². The molecule has 1 unspecified atom stereocenters. The molecule has 0 aliphatic carbocycles. The zero-order chi connectivity index (χ0) is 13.7. The van der Waals surface area contributed by atoms with Crippen molar-refractivity contribution in [2.45, 2.75) is 6.92 Å². The second kappa shape index (κ2) is 6.97. The lowest BCUT2D eigenvalue weighted by Gasteiger charge is -2.12. The predicted octanol–water partition coefficient (Wildman–Crippen LogP) is 5.42. The second-order valence-electron chi connectivity index (χ2n) is 4.58. The zero-order valence-electron chi connectivity index (χ0n) is 10.8. The van der Waals surface area contributed by atoms with E-state index in [0.717, 1.165) is 22.2 Å². The molecule has 0 bridgehead atoms. The standard InChI is InChI=1S/C16H16BrClO/c1-12(10-17)11-19-16-8-7-14(9-15(16)18)13-5-3-2-4-6-13/h2-9,12H,10-11H2,1H3. The van der Waals surface area contributed by atoms with Gasteiger partial charge in [-0.1, -0.05) is 70.9 Å². The SMILES string of the molecule is CC(CBr)COc1ccc(-c2ccccc2)cc1Cl. The summed E-state index contributed by atoms with van der Waals surface area (Å²) in [7, 11) is 0. The van der Waals surface area contributed by atoms with Crippen LogP contribution in [0.3, 0.4) is 0 Å². The van der Waals surface area contributed by atoms with Gasteiger partial charge in [-0.05, 0) is 29.2 Å². The Morgan fingerprint density at radius 1 is 1.11 bits per heavy atom. The van der Waals surface area contributed by atoms with Crippen LogP contribution in [-0.2, 0) is 0 Å². The molecule has 0 N–H and O–H groups in total. The Labute approximate surface area is 127 Å². The number of hydrogen-bond donors (Lipinski definition) is 0. The molecule has 19 heavy (non-hydrogen) atoms. The van der Waals surface area contributed by atoms with Crippen molar-refractivity contribution in [1.82, 2.24) is 0 Å². The first-order valence-electron chi connectivity index (χ1n) is 6.24. The molecule has 0 aliphatic rings. The third kappa shape index (κ3) is 3.99. The topological polar surface area (TPSA) is 9.23 Å². The molecule has 0 fully saturated rings. The molecule has 0 radical (unpaired) electrons. The average Bonchev–Trinajstić information content (AvgIpc) is 2.46. The Hall–Kier alpha value is -0.990. The fraction of sp³-hybridized carbons (Fsp3) is 0.250. The highest BCUT2D eigenvalue weighted by molar-refractivity contribution is 9.09. The van der Waals surface area contributed by atoms with Crippen LogP contribution in [-0.4, -0.2) is 11.9 Å². The third-order valence-electron chi connectivity index (χ3n) is 2.83. The maximum atomic E-state index is 6.27. The average molecular weight is 340 g/mol. The molecule has 0 aromatic heterocycles. The number of ether oxygens (including phenoxy) is 1. The molecular weight excluding hydrogens is 324 g/mol. The minimum atomic E-state index is 0.463. The Morgan fingerprint density at radius 2 is 1.84 bits per heavy atom. The summed E-state index contributed by atoms with van der Waals surface area (Å²) in [4.78, 5) is 0. The quantitative estimate of drug-likeness (QED) is 0.661. The Morgan fingerprint density at radius 3 is 2.47 bits per heavy atom. The molecule has 0 spiro atoms. The molecule has 3 heteroatoms. The summed E-state index contributed by atoms with van der Waals surface area (Å²) < 4.78 is 5.72. The van der Waals surface area contributed by atoms with E-state index in [0.29, 0.717) is 17.5 Å². The van der Waals surface area contributed by atoms with Gasteiger partial charge in [0, 0.05) is 5.33 Å². The zero-order valence-corrected chi connectivity index (χ0v) is 13.1. The molecule has 1 atom stereocenters. The van der Waals surface area contributed by atoms with Crippen molar-refractivity contribution in [3.05, 3.63) is 53.6 Å². The number of benzene rings is 2. The van der Waals surface area contributed by atoms with Crippen LogP contribution in [0.4, 0.5) is 0 Å². The summed E-state index contributed by atoms with van der Waals surface area (Å²) in [5.74, 6) is 1.21. The molecule has 1 nitrogen and oxygen atoms in total. The second-order valence-corrected chi connectivity index (χ2v) is 5.64. The first-order chi connectivity index (χ1) is 9.20. The van der Waals surface area contributed by atoms with Crippen molar-refractivity contribution in [2.75, 3.05) is 11.9 Å². The number of halogens is 2. The maximum absolute atomic E-state index is 6.27. The van der Waals surface area contributed by atoms with Gasteiger partial charge in [0.25, 0.3) is 0 Å². The normalized spacial score (nSPS) is 12.2. The van der Waals surface area contributed by atoms with Crippen molar-refractivity contribution >= 4 is 27.5 Å². The molecule has 2 rings (SSSR count). The van der Waals surface area contributed by atoms with E-state index in [4.69, 9.17) is 16.3 Å². The van der Waals surface area contributed by atoms with Gasteiger partial charge in [0.05, 0.1) is 11.6 Å². The molecule has 0 heterocycles. The van der Waals surface area contributed by atoms with Crippen molar-refractivity contribution in [3.8, 4) is 16.9 Å². The van der Waals surface area contributed by atoms with E-state index in [1.807, 2.05) is 36.4 Å². The summed E-state index contributed by atoms with van der Waals surface area (Å²) in [6, 6.07) is 16.1. The fourth-order valence-electron chi connectivity index (χ4n) is 1.70. The van der Waals surface area contributed by atoms with Crippen LogP contribution < -0.4 is 4.74 Å². The van der Waals surface area contributed by atoms with Crippen LogP contribution in [0.15, 0.2) is 48.5 Å². The molecule has 100 valence electrons. The summed E-state index contributed by atoms with van der Waals surface area (Å²) in [5.41, 5.74) is 2.26. The van der Waals surface area contributed by atoms with E-state index >= 15 is 0 Å². The third-order valence-corrected chi connectivity index (χ3v) is 4.23. The van der Waals surface area contributed by atoms with E-state index in [9.17, 15) is 0 Å². The Bertz CT molecular complexity index is 528. The van der Waals surface area contributed by atoms with Gasteiger partial charge >= 0.3 is 0 Å². The predicted molar refractivity (Wildman–Crippen MR) is 85.3 cm³/mol. The van der Waals surface area contributed by atoms with Gasteiger partial charge in [0.1, 0.15) is 5.75 Å². The van der Waals surface area contributed by atoms with Gasteiger partial charge < -0.3 is 4.74 Å². The molecule has 0 saturated carbocycles. The summed E-state index contributed by atoms with van der Waals surface area (Å²) in [6.07, 6.45) is 0. The van der Waals surface area contributed by atoms with Crippen molar-refractivity contribution in [2.24, 2.45) is 5.92 Å². The van der Waals surface area contributed by atoms with Crippen molar-refractivity contribution < 1.29 is 4.74 Å². The van der Waals surface area contributed by atoms with Crippen LogP contribution in [0.25, 0.3) is 11.1 Å². The Kier molecular flexibility index (Phi) is 5.29. The summed E-state index contributed by atoms with van der Waals surface area (Å²) in [6.45, 7) is 2.79. The fourth-order valence-corrected chi connectivity index (χ4v) is 2.13. The van der Waals surface area contributed by atoms with E-state index in [2.05, 4.69) is 35.0 Å². The van der Waals surface area contributed by atoms with Crippen LogP contribution in [0.2, 0.25) is 5.02 Å². The molecule has 0 saturated heterocycles. The van der Waals surface area contributed by atoms with Crippen LogP contribution in [0.5, 0.6) is 5.75 Å². The largest absolute Gasteiger partial charge is 0.492 e. The molecule has 2 aromatic rings. The minimum absolute atomic E-state index is 0.463. The van der Waals surface area contributed by atoms with Crippen molar-refractivity contribution in [1.29, 1.82) is 0 Å². The van der Waals surface area contributed by atoms with Gasteiger partial charge in [-0.15, -0.1) is 0 Å². The first-order valence-corrected chi connectivity index (χ1v) is 7.74. The van der Waals surface area contributed by atoms with Crippen LogP contribution >= 0.6 is 27.5 Å².